The van der Waals surface area contributed by atoms with Crippen LogP contribution < -0.4 is 4.74 Å². The summed E-state index contributed by atoms with van der Waals surface area (Å²) in [7, 11) is 3.00. The van der Waals surface area contributed by atoms with Crippen molar-refractivity contribution in [3.8, 4) is 17.0 Å². The van der Waals surface area contributed by atoms with E-state index < -0.39 is 5.97 Å². The number of esters is 1. The average Bonchev–Trinajstić information content (AvgIpc) is 3.10. The van der Waals surface area contributed by atoms with Gasteiger partial charge in [0.15, 0.2) is 0 Å². The van der Waals surface area contributed by atoms with Gasteiger partial charge in [0.2, 0.25) is 0 Å². The second-order valence-corrected chi connectivity index (χ2v) is 6.77. The number of methoxy groups -OCH3 is 2. The average molecular weight is 387 g/mol. The van der Waals surface area contributed by atoms with Crippen LogP contribution in [-0.4, -0.2) is 34.8 Å². The Morgan fingerprint density at radius 2 is 1.83 bits per heavy atom. The summed E-state index contributed by atoms with van der Waals surface area (Å²) in [6, 6.07) is 17.3. The molecular formula is C23H21N3O3. The van der Waals surface area contributed by atoms with Gasteiger partial charge in [0.05, 0.1) is 25.4 Å². The number of benzene rings is 1. The molecule has 6 nitrogen and oxygen atoms in total. The van der Waals surface area contributed by atoms with E-state index in [1.165, 1.54) is 7.11 Å². The monoisotopic (exact) mass is 387 g/mol. The normalized spacial score (nSPS) is 10.9. The van der Waals surface area contributed by atoms with E-state index in [0.717, 1.165) is 39.3 Å². The molecule has 0 saturated carbocycles. The van der Waals surface area contributed by atoms with Crippen LogP contribution in [0.1, 0.15) is 27.3 Å². The lowest BCUT2D eigenvalue weighted by atomic mass is 10.0. The van der Waals surface area contributed by atoms with Crippen molar-refractivity contribution < 1.29 is 14.3 Å². The van der Waals surface area contributed by atoms with E-state index in [9.17, 15) is 4.79 Å². The summed E-state index contributed by atoms with van der Waals surface area (Å²) < 4.78 is 12.0. The first-order chi connectivity index (χ1) is 14.1. The highest BCUT2D eigenvalue weighted by Gasteiger charge is 2.17. The molecule has 3 aromatic heterocycles. The van der Waals surface area contributed by atoms with Crippen molar-refractivity contribution in [2.24, 2.45) is 0 Å². The Morgan fingerprint density at radius 1 is 1.03 bits per heavy atom. The second kappa shape index (κ2) is 7.75. The van der Waals surface area contributed by atoms with E-state index in [-0.39, 0.29) is 0 Å². The Labute approximate surface area is 168 Å². The van der Waals surface area contributed by atoms with Crippen LogP contribution in [0.3, 0.4) is 0 Å². The zero-order chi connectivity index (χ0) is 20.4. The van der Waals surface area contributed by atoms with E-state index in [4.69, 9.17) is 14.6 Å². The molecule has 29 heavy (non-hydrogen) atoms. The van der Waals surface area contributed by atoms with Crippen LogP contribution in [0.4, 0.5) is 0 Å². The van der Waals surface area contributed by atoms with Gasteiger partial charge in [0, 0.05) is 29.4 Å². The molecule has 0 N–H and O–H groups in total. The topological polar surface area (TPSA) is 65.7 Å². The van der Waals surface area contributed by atoms with Gasteiger partial charge < -0.3 is 9.47 Å². The SMILES string of the molecule is COC(=O)c1cccc(Cc2c(-c3ccc(OC)cc3)nn3cc(C)ccc23)n1. The lowest BCUT2D eigenvalue weighted by Gasteiger charge is -2.06. The first kappa shape index (κ1) is 18.7. The van der Waals surface area contributed by atoms with Crippen molar-refractivity contribution in [2.45, 2.75) is 13.3 Å². The fraction of sp³-hybridized carbons (Fsp3) is 0.174. The lowest BCUT2D eigenvalue weighted by Crippen LogP contribution is -2.06. The number of fused-ring (bicyclic) bond motifs is 1. The van der Waals surface area contributed by atoms with Crippen LogP contribution in [0.25, 0.3) is 16.8 Å². The summed E-state index contributed by atoms with van der Waals surface area (Å²) in [6.45, 7) is 2.04. The molecule has 0 aliphatic heterocycles. The van der Waals surface area contributed by atoms with Gasteiger partial charge >= 0.3 is 5.97 Å². The van der Waals surface area contributed by atoms with Gasteiger partial charge in [0.25, 0.3) is 0 Å². The standard InChI is InChI=1S/C23H21N3O3/c1-15-7-12-21-19(13-17-5-4-6-20(24-17)23(27)29-3)22(25-26(21)14-15)16-8-10-18(28-2)11-9-16/h4-12,14H,13H2,1-3H3. The minimum Gasteiger partial charge on any atom is -0.497 e. The molecular weight excluding hydrogens is 366 g/mol. The quantitative estimate of drug-likeness (QED) is 0.483. The van der Waals surface area contributed by atoms with Gasteiger partial charge in [-0.1, -0.05) is 12.1 Å². The molecule has 0 aliphatic carbocycles. The van der Waals surface area contributed by atoms with Crippen molar-refractivity contribution in [3.63, 3.8) is 0 Å². The summed E-state index contributed by atoms with van der Waals surface area (Å²) >= 11 is 0. The molecule has 0 saturated heterocycles. The van der Waals surface area contributed by atoms with Crippen molar-refractivity contribution in [1.29, 1.82) is 0 Å². The highest BCUT2D eigenvalue weighted by Crippen LogP contribution is 2.29. The molecule has 4 aromatic rings. The van der Waals surface area contributed by atoms with Crippen LogP contribution in [0.15, 0.2) is 60.8 Å². The summed E-state index contributed by atoms with van der Waals surface area (Å²) in [5.74, 6) is 0.347. The first-order valence-electron chi connectivity index (χ1n) is 9.25. The molecule has 1 aromatic carbocycles. The maximum Gasteiger partial charge on any atom is 0.356 e. The number of ether oxygens (including phenoxy) is 2. The summed E-state index contributed by atoms with van der Waals surface area (Å²) in [4.78, 5) is 16.3. The summed E-state index contributed by atoms with van der Waals surface area (Å²) in [6.07, 6.45) is 2.54. The highest BCUT2D eigenvalue weighted by molar-refractivity contribution is 5.87. The van der Waals surface area contributed by atoms with Crippen LogP contribution in [0, 0.1) is 6.92 Å². The van der Waals surface area contributed by atoms with Crippen molar-refractivity contribution >= 4 is 11.5 Å². The molecule has 0 radical (unpaired) electrons. The molecule has 0 aliphatic rings. The fourth-order valence-corrected chi connectivity index (χ4v) is 3.34. The van der Waals surface area contributed by atoms with Crippen LogP contribution in [0.2, 0.25) is 0 Å². The zero-order valence-corrected chi connectivity index (χ0v) is 16.5. The van der Waals surface area contributed by atoms with Crippen LogP contribution in [-0.2, 0) is 11.2 Å². The Kier molecular flexibility index (Phi) is 4.99. The smallest absolute Gasteiger partial charge is 0.356 e. The molecule has 0 atom stereocenters. The maximum absolute atomic E-state index is 11.9. The predicted octanol–water partition coefficient (Wildman–Crippen LogP) is 4.09. The van der Waals surface area contributed by atoms with Gasteiger partial charge in [-0.25, -0.2) is 14.3 Å². The van der Waals surface area contributed by atoms with E-state index in [1.807, 2.05) is 54.0 Å². The Balaban J connectivity index is 1.82. The number of pyridine rings is 2. The predicted molar refractivity (Wildman–Crippen MR) is 110 cm³/mol. The summed E-state index contributed by atoms with van der Waals surface area (Å²) in [5.41, 5.74) is 6.12. The van der Waals surface area contributed by atoms with Gasteiger partial charge in [0.1, 0.15) is 11.4 Å². The molecule has 0 spiro atoms. The molecule has 0 amide bonds. The van der Waals surface area contributed by atoms with Gasteiger partial charge in [-0.15, -0.1) is 0 Å². The number of aryl methyl sites for hydroxylation is 1. The number of aromatic nitrogens is 3. The van der Waals surface area contributed by atoms with Gasteiger partial charge in [-0.05, 0) is 55.0 Å². The number of carbonyl (C=O) groups is 1. The molecule has 6 heteroatoms. The number of hydrogen-bond donors (Lipinski definition) is 0. The highest BCUT2D eigenvalue weighted by atomic mass is 16.5. The van der Waals surface area contributed by atoms with Crippen molar-refractivity contribution in [1.82, 2.24) is 14.6 Å². The van der Waals surface area contributed by atoms with Crippen LogP contribution >= 0.6 is 0 Å². The second-order valence-electron chi connectivity index (χ2n) is 6.77. The Morgan fingerprint density at radius 3 is 2.55 bits per heavy atom. The van der Waals surface area contributed by atoms with Crippen molar-refractivity contribution in [2.75, 3.05) is 14.2 Å². The van der Waals surface area contributed by atoms with Gasteiger partial charge in [-0.2, -0.15) is 5.10 Å². The van der Waals surface area contributed by atoms with Crippen LogP contribution in [0.5, 0.6) is 5.75 Å². The maximum atomic E-state index is 11.9. The van der Waals surface area contributed by atoms with E-state index >= 15 is 0 Å². The minimum atomic E-state index is -0.447. The Bertz CT molecular complexity index is 1180. The van der Waals surface area contributed by atoms with Gasteiger partial charge in [-0.3, -0.25) is 0 Å². The molecule has 0 unspecified atom stereocenters. The largest absolute Gasteiger partial charge is 0.497 e. The molecule has 4 rings (SSSR count). The molecule has 146 valence electrons. The molecule has 0 bridgehead atoms. The van der Waals surface area contributed by atoms with E-state index in [0.29, 0.717) is 12.1 Å². The molecule has 3 heterocycles. The lowest BCUT2D eigenvalue weighted by molar-refractivity contribution is 0.0593. The fourth-order valence-electron chi connectivity index (χ4n) is 3.34. The number of rotatable bonds is 5. The third-order valence-corrected chi connectivity index (χ3v) is 4.80. The third kappa shape index (κ3) is 3.69. The first-order valence-corrected chi connectivity index (χ1v) is 9.25. The minimum absolute atomic E-state index is 0.295. The van der Waals surface area contributed by atoms with Crippen molar-refractivity contribution in [3.05, 3.63) is 83.3 Å². The summed E-state index contributed by atoms with van der Waals surface area (Å²) in [5, 5.41) is 4.83. The number of carbonyl (C=O) groups excluding carboxylic acids is 1. The molecule has 0 fully saturated rings. The number of nitrogens with zero attached hydrogens (tertiary/aromatic N) is 3. The number of hydrogen-bond acceptors (Lipinski definition) is 5. The van der Waals surface area contributed by atoms with E-state index in [2.05, 4.69) is 17.1 Å². The zero-order valence-electron chi connectivity index (χ0n) is 16.5. The Hall–Kier alpha value is -3.67. The third-order valence-electron chi connectivity index (χ3n) is 4.80. The van der Waals surface area contributed by atoms with E-state index in [1.54, 1.807) is 13.2 Å².